The SMILES string of the molecule is COc1ccccc1CNC(=O)c1ccc(-c2ccnc(N)n2)s1. The molecule has 0 aliphatic rings. The predicted octanol–water partition coefficient (Wildman–Crippen LogP) is 2.73. The number of para-hydroxylation sites is 1. The van der Waals surface area contributed by atoms with Crippen LogP contribution < -0.4 is 15.8 Å². The molecule has 3 aromatic rings. The molecule has 0 saturated heterocycles. The molecule has 7 heteroatoms. The first-order valence-electron chi connectivity index (χ1n) is 7.26. The number of ether oxygens (including phenoxy) is 1. The molecule has 0 spiro atoms. The zero-order valence-electron chi connectivity index (χ0n) is 13.0. The standard InChI is InChI=1S/C17H16N4O2S/c1-23-13-5-3-2-4-11(13)10-20-16(22)15-7-6-14(24-15)12-8-9-19-17(18)21-12/h2-9H,10H2,1H3,(H,20,22)(H2,18,19,21). The summed E-state index contributed by atoms with van der Waals surface area (Å²) in [6.07, 6.45) is 1.60. The predicted molar refractivity (Wildman–Crippen MR) is 93.9 cm³/mol. The highest BCUT2D eigenvalue weighted by atomic mass is 32.1. The maximum atomic E-state index is 12.3. The normalized spacial score (nSPS) is 10.4. The summed E-state index contributed by atoms with van der Waals surface area (Å²) < 4.78 is 5.28. The van der Waals surface area contributed by atoms with Crippen LogP contribution in [0.25, 0.3) is 10.6 Å². The molecule has 0 saturated carbocycles. The van der Waals surface area contributed by atoms with Crippen LogP contribution in [0.1, 0.15) is 15.2 Å². The van der Waals surface area contributed by atoms with Crippen LogP contribution in [-0.2, 0) is 6.54 Å². The van der Waals surface area contributed by atoms with Crippen LogP contribution in [0.15, 0.2) is 48.7 Å². The number of rotatable bonds is 5. The van der Waals surface area contributed by atoms with Crippen LogP contribution in [0.5, 0.6) is 5.75 Å². The number of thiophene rings is 1. The third-order valence-electron chi connectivity index (χ3n) is 3.39. The van der Waals surface area contributed by atoms with Crippen LogP contribution in [-0.4, -0.2) is 23.0 Å². The Bertz CT molecular complexity index is 863. The van der Waals surface area contributed by atoms with Gasteiger partial charge in [0, 0.05) is 18.3 Å². The maximum absolute atomic E-state index is 12.3. The number of amides is 1. The molecule has 1 aromatic carbocycles. The van der Waals surface area contributed by atoms with Gasteiger partial charge in [0.1, 0.15) is 5.75 Å². The van der Waals surface area contributed by atoms with Crippen molar-refractivity contribution in [1.29, 1.82) is 0 Å². The molecule has 1 amide bonds. The first-order valence-corrected chi connectivity index (χ1v) is 8.08. The van der Waals surface area contributed by atoms with Crippen LogP contribution in [0.4, 0.5) is 5.95 Å². The lowest BCUT2D eigenvalue weighted by molar-refractivity contribution is 0.0954. The number of aromatic nitrogens is 2. The van der Waals surface area contributed by atoms with Crippen molar-refractivity contribution in [3.05, 3.63) is 59.1 Å². The maximum Gasteiger partial charge on any atom is 0.261 e. The van der Waals surface area contributed by atoms with E-state index in [1.165, 1.54) is 11.3 Å². The fourth-order valence-electron chi connectivity index (χ4n) is 2.22. The molecule has 0 fully saturated rings. The van der Waals surface area contributed by atoms with Gasteiger partial charge in [-0.2, -0.15) is 0 Å². The van der Waals surface area contributed by atoms with Crippen molar-refractivity contribution in [3.63, 3.8) is 0 Å². The van der Waals surface area contributed by atoms with E-state index in [2.05, 4.69) is 15.3 Å². The number of nitrogens with zero attached hydrogens (tertiary/aromatic N) is 2. The highest BCUT2D eigenvalue weighted by molar-refractivity contribution is 7.17. The first kappa shape index (κ1) is 15.9. The Labute approximate surface area is 143 Å². The van der Waals surface area contributed by atoms with Gasteiger partial charge in [0.15, 0.2) is 0 Å². The second kappa shape index (κ2) is 7.10. The van der Waals surface area contributed by atoms with Gasteiger partial charge in [0.2, 0.25) is 5.95 Å². The number of methoxy groups -OCH3 is 1. The minimum atomic E-state index is -0.140. The summed E-state index contributed by atoms with van der Waals surface area (Å²) in [5.41, 5.74) is 7.22. The summed E-state index contributed by atoms with van der Waals surface area (Å²) in [5, 5.41) is 2.90. The lowest BCUT2D eigenvalue weighted by atomic mass is 10.2. The average molecular weight is 340 g/mol. The fraction of sp³-hybridized carbons (Fsp3) is 0.118. The molecular formula is C17H16N4O2S. The fourth-order valence-corrected chi connectivity index (χ4v) is 3.11. The van der Waals surface area contributed by atoms with E-state index in [1.807, 2.05) is 30.3 Å². The van der Waals surface area contributed by atoms with E-state index in [-0.39, 0.29) is 11.9 Å². The number of carbonyl (C=O) groups is 1. The first-order chi connectivity index (χ1) is 11.7. The number of nitrogens with two attached hydrogens (primary N) is 1. The second-order valence-corrected chi connectivity index (χ2v) is 6.04. The van der Waals surface area contributed by atoms with Crippen molar-refractivity contribution in [2.24, 2.45) is 0 Å². The molecule has 0 aliphatic heterocycles. The number of benzene rings is 1. The molecule has 0 unspecified atom stereocenters. The number of anilines is 1. The van der Waals surface area contributed by atoms with Crippen LogP contribution in [0.3, 0.4) is 0 Å². The third-order valence-corrected chi connectivity index (χ3v) is 4.49. The van der Waals surface area contributed by atoms with Crippen LogP contribution >= 0.6 is 11.3 Å². The number of hydrogen-bond acceptors (Lipinski definition) is 6. The smallest absolute Gasteiger partial charge is 0.261 e. The van der Waals surface area contributed by atoms with E-state index in [0.29, 0.717) is 17.1 Å². The van der Waals surface area contributed by atoms with Crippen molar-refractivity contribution < 1.29 is 9.53 Å². The zero-order chi connectivity index (χ0) is 16.9. The molecule has 3 rings (SSSR count). The average Bonchev–Trinajstić information content (AvgIpc) is 3.10. The van der Waals surface area contributed by atoms with E-state index in [0.717, 1.165) is 16.2 Å². The Hall–Kier alpha value is -2.93. The summed E-state index contributed by atoms with van der Waals surface area (Å²) in [5.74, 6) is 0.823. The summed E-state index contributed by atoms with van der Waals surface area (Å²) in [6, 6.07) is 13.0. The van der Waals surface area contributed by atoms with Gasteiger partial charge in [0.25, 0.3) is 5.91 Å². The Morgan fingerprint density at radius 3 is 2.88 bits per heavy atom. The Kier molecular flexibility index (Phi) is 4.72. The van der Waals surface area contributed by atoms with E-state index >= 15 is 0 Å². The number of hydrogen-bond donors (Lipinski definition) is 2. The minimum Gasteiger partial charge on any atom is -0.496 e. The third kappa shape index (κ3) is 3.52. The largest absolute Gasteiger partial charge is 0.496 e. The van der Waals surface area contributed by atoms with Gasteiger partial charge < -0.3 is 15.8 Å². The van der Waals surface area contributed by atoms with Crippen molar-refractivity contribution in [2.75, 3.05) is 12.8 Å². The number of nitrogens with one attached hydrogen (secondary N) is 1. The Morgan fingerprint density at radius 1 is 1.25 bits per heavy atom. The number of carbonyl (C=O) groups excluding carboxylic acids is 1. The van der Waals surface area contributed by atoms with Gasteiger partial charge in [-0.1, -0.05) is 18.2 Å². The van der Waals surface area contributed by atoms with Gasteiger partial charge in [-0.25, -0.2) is 9.97 Å². The Balaban J connectivity index is 1.70. The molecule has 0 aliphatic carbocycles. The summed E-state index contributed by atoms with van der Waals surface area (Å²) in [6.45, 7) is 0.399. The van der Waals surface area contributed by atoms with E-state index in [4.69, 9.17) is 10.5 Å². The van der Waals surface area contributed by atoms with Crippen molar-refractivity contribution in [1.82, 2.24) is 15.3 Å². The monoisotopic (exact) mass is 340 g/mol. The molecule has 0 atom stereocenters. The molecule has 3 N–H and O–H groups in total. The molecule has 2 heterocycles. The van der Waals surface area contributed by atoms with Crippen molar-refractivity contribution >= 4 is 23.2 Å². The zero-order valence-corrected chi connectivity index (χ0v) is 13.8. The van der Waals surface area contributed by atoms with Crippen LogP contribution in [0, 0.1) is 0 Å². The summed E-state index contributed by atoms with van der Waals surface area (Å²) >= 11 is 1.36. The molecule has 2 aromatic heterocycles. The summed E-state index contributed by atoms with van der Waals surface area (Å²) in [7, 11) is 1.61. The van der Waals surface area contributed by atoms with Gasteiger partial charge in [-0.3, -0.25) is 4.79 Å². The highest BCUT2D eigenvalue weighted by Crippen LogP contribution is 2.27. The lowest BCUT2D eigenvalue weighted by Crippen LogP contribution is -2.22. The van der Waals surface area contributed by atoms with Crippen LogP contribution in [0.2, 0.25) is 0 Å². The quantitative estimate of drug-likeness (QED) is 0.745. The van der Waals surface area contributed by atoms with Gasteiger partial charge in [0.05, 0.1) is 22.6 Å². The molecule has 0 radical (unpaired) electrons. The molecule has 0 bridgehead atoms. The van der Waals surface area contributed by atoms with E-state index in [9.17, 15) is 4.79 Å². The molecule has 122 valence electrons. The van der Waals surface area contributed by atoms with Crippen molar-refractivity contribution in [3.8, 4) is 16.3 Å². The lowest BCUT2D eigenvalue weighted by Gasteiger charge is -2.08. The summed E-state index contributed by atoms with van der Waals surface area (Å²) in [4.78, 5) is 21.8. The van der Waals surface area contributed by atoms with Gasteiger partial charge in [-0.05, 0) is 24.3 Å². The minimum absolute atomic E-state index is 0.140. The van der Waals surface area contributed by atoms with Crippen molar-refractivity contribution in [2.45, 2.75) is 6.54 Å². The second-order valence-electron chi connectivity index (χ2n) is 4.96. The van der Waals surface area contributed by atoms with E-state index in [1.54, 1.807) is 25.4 Å². The number of nitrogen functional groups attached to an aromatic ring is 1. The van der Waals surface area contributed by atoms with Gasteiger partial charge in [-0.15, -0.1) is 11.3 Å². The van der Waals surface area contributed by atoms with Gasteiger partial charge >= 0.3 is 0 Å². The topological polar surface area (TPSA) is 90.1 Å². The molecule has 6 nitrogen and oxygen atoms in total. The molecular weight excluding hydrogens is 324 g/mol. The molecule has 24 heavy (non-hydrogen) atoms. The highest BCUT2D eigenvalue weighted by Gasteiger charge is 2.12. The van der Waals surface area contributed by atoms with E-state index < -0.39 is 0 Å². The Morgan fingerprint density at radius 2 is 2.08 bits per heavy atom.